The molecule has 0 saturated heterocycles. The predicted octanol–water partition coefficient (Wildman–Crippen LogP) is 4.94. The third kappa shape index (κ3) is 2.89. The lowest BCUT2D eigenvalue weighted by molar-refractivity contribution is 0.257. The van der Waals surface area contributed by atoms with Crippen LogP contribution in [0.1, 0.15) is 57.7 Å². The standard InChI is InChI=1S/C21H29N3/c1-15-8-10-16(11-9-15)14-21(12-13-21)20-22-18-7-5-4-6-17(18)19(23-20)24(2)3/h4-7,15-16H,8-14H2,1-3H3. The Morgan fingerprint density at radius 1 is 1.04 bits per heavy atom. The van der Waals surface area contributed by atoms with Crippen molar-refractivity contribution in [1.82, 2.24) is 9.97 Å². The fourth-order valence-corrected chi connectivity index (χ4v) is 4.39. The molecule has 4 rings (SSSR count). The van der Waals surface area contributed by atoms with Gasteiger partial charge in [-0.1, -0.05) is 44.7 Å². The van der Waals surface area contributed by atoms with Gasteiger partial charge in [-0.3, -0.25) is 0 Å². The quantitative estimate of drug-likeness (QED) is 0.797. The second-order valence-corrected chi connectivity index (χ2v) is 8.39. The van der Waals surface area contributed by atoms with E-state index < -0.39 is 0 Å². The normalized spacial score (nSPS) is 25.6. The van der Waals surface area contributed by atoms with E-state index in [1.165, 1.54) is 44.9 Å². The van der Waals surface area contributed by atoms with E-state index in [1.807, 2.05) is 0 Å². The van der Waals surface area contributed by atoms with Crippen molar-refractivity contribution in [3.05, 3.63) is 30.1 Å². The average molecular weight is 323 g/mol. The van der Waals surface area contributed by atoms with Crippen LogP contribution in [0.25, 0.3) is 10.9 Å². The highest BCUT2D eigenvalue weighted by atomic mass is 15.2. The maximum atomic E-state index is 5.03. The van der Waals surface area contributed by atoms with E-state index in [2.05, 4.69) is 50.2 Å². The van der Waals surface area contributed by atoms with Crippen molar-refractivity contribution < 1.29 is 0 Å². The molecule has 2 aromatic rings. The van der Waals surface area contributed by atoms with Crippen molar-refractivity contribution in [1.29, 1.82) is 0 Å². The molecule has 1 aromatic carbocycles. The largest absolute Gasteiger partial charge is 0.362 e. The molecular formula is C21H29N3. The first-order chi connectivity index (χ1) is 11.6. The summed E-state index contributed by atoms with van der Waals surface area (Å²) in [5.74, 6) is 3.97. The highest BCUT2D eigenvalue weighted by Crippen LogP contribution is 2.53. The van der Waals surface area contributed by atoms with E-state index in [4.69, 9.17) is 9.97 Å². The third-order valence-corrected chi connectivity index (χ3v) is 6.15. The van der Waals surface area contributed by atoms with E-state index in [0.717, 1.165) is 34.4 Å². The number of anilines is 1. The molecule has 3 heteroatoms. The van der Waals surface area contributed by atoms with E-state index in [0.29, 0.717) is 0 Å². The summed E-state index contributed by atoms with van der Waals surface area (Å²) in [7, 11) is 4.17. The molecule has 0 unspecified atom stereocenters. The first-order valence-corrected chi connectivity index (χ1v) is 9.52. The number of hydrogen-bond acceptors (Lipinski definition) is 3. The zero-order chi connectivity index (χ0) is 16.7. The number of para-hydroxylation sites is 1. The van der Waals surface area contributed by atoms with Gasteiger partial charge in [0.25, 0.3) is 0 Å². The first kappa shape index (κ1) is 15.9. The SMILES string of the molecule is CC1CCC(CC2(c3nc(N(C)C)c4ccccc4n3)CC2)CC1. The van der Waals surface area contributed by atoms with Gasteiger partial charge in [0.05, 0.1) is 5.52 Å². The zero-order valence-corrected chi connectivity index (χ0v) is 15.3. The molecule has 0 aliphatic heterocycles. The van der Waals surface area contributed by atoms with Crippen molar-refractivity contribution in [2.75, 3.05) is 19.0 Å². The minimum atomic E-state index is 0.264. The summed E-state index contributed by atoms with van der Waals surface area (Å²) in [4.78, 5) is 12.2. The molecule has 2 aliphatic rings. The van der Waals surface area contributed by atoms with Gasteiger partial charge in [0.15, 0.2) is 0 Å². The molecule has 2 aliphatic carbocycles. The van der Waals surface area contributed by atoms with Gasteiger partial charge < -0.3 is 4.90 Å². The fraction of sp³-hybridized carbons (Fsp3) is 0.619. The van der Waals surface area contributed by atoms with E-state index in [-0.39, 0.29) is 5.41 Å². The molecular weight excluding hydrogens is 294 g/mol. The highest BCUT2D eigenvalue weighted by Gasteiger charge is 2.48. The molecule has 0 atom stereocenters. The Bertz CT molecular complexity index is 725. The lowest BCUT2D eigenvalue weighted by atomic mass is 9.77. The molecule has 0 radical (unpaired) electrons. The molecule has 1 aromatic heterocycles. The van der Waals surface area contributed by atoms with Crippen LogP contribution >= 0.6 is 0 Å². The number of nitrogens with zero attached hydrogens (tertiary/aromatic N) is 3. The molecule has 0 spiro atoms. The number of fused-ring (bicyclic) bond motifs is 1. The minimum Gasteiger partial charge on any atom is -0.362 e. The van der Waals surface area contributed by atoms with Gasteiger partial charge in [-0.15, -0.1) is 0 Å². The second kappa shape index (κ2) is 6.02. The van der Waals surface area contributed by atoms with Crippen LogP contribution in [-0.2, 0) is 5.41 Å². The summed E-state index contributed by atoms with van der Waals surface area (Å²) < 4.78 is 0. The Morgan fingerprint density at radius 3 is 2.42 bits per heavy atom. The van der Waals surface area contributed by atoms with Gasteiger partial charge in [-0.25, -0.2) is 9.97 Å². The first-order valence-electron chi connectivity index (χ1n) is 9.52. The molecule has 128 valence electrons. The molecule has 2 fully saturated rings. The molecule has 0 amide bonds. The van der Waals surface area contributed by atoms with E-state index in [9.17, 15) is 0 Å². The smallest absolute Gasteiger partial charge is 0.139 e. The second-order valence-electron chi connectivity index (χ2n) is 8.39. The van der Waals surface area contributed by atoms with Crippen LogP contribution < -0.4 is 4.90 Å². The van der Waals surface area contributed by atoms with Crippen molar-refractivity contribution in [2.24, 2.45) is 11.8 Å². The Hall–Kier alpha value is -1.64. The summed E-state index contributed by atoms with van der Waals surface area (Å²) in [5.41, 5.74) is 1.36. The molecule has 1 heterocycles. The zero-order valence-electron chi connectivity index (χ0n) is 15.3. The number of benzene rings is 1. The van der Waals surface area contributed by atoms with Crippen LogP contribution in [0.2, 0.25) is 0 Å². The van der Waals surface area contributed by atoms with Gasteiger partial charge in [0.1, 0.15) is 11.6 Å². The molecule has 0 N–H and O–H groups in total. The molecule has 24 heavy (non-hydrogen) atoms. The van der Waals surface area contributed by atoms with Crippen molar-refractivity contribution in [2.45, 2.75) is 57.3 Å². The minimum absolute atomic E-state index is 0.264. The predicted molar refractivity (Wildman–Crippen MR) is 101 cm³/mol. The lowest BCUT2D eigenvalue weighted by Gasteiger charge is -2.29. The summed E-state index contributed by atoms with van der Waals surface area (Å²) in [6.07, 6.45) is 9.44. The van der Waals surface area contributed by atoms with Crippen LogP contribution in [0.15, 0.2) is 24.3 Å². The number of aromatic nitrogens is 2. The summed E-state index contributed by atoms with van der Waals surface area (Å²) in [6, 6.07) is 8.43. The molecule has 2 saturated carbocycles. The maximum Gasteiger partial charge on any atom is 0.139 e. The maximum absolute atomic E-state index is 5.03. The Labute approximate surface area is 145 Å². The van der Waals surface area contributed by atoms with Crippen molar-refractivity contribution in [3.8, 4) is 0 Å². The van der Waals surface area contributed by atoms with Gasteiger partial charge in [0, 0.05) is 24.9 Å². The van der Waals surface area contributed by atoms with Crippen LogP contribution in [0.3, 0.4) is 0 Å². The Kier molecular flexibility index (Phi) is 3.98. The van der Waals surface area contributed by atoms with E-state index >= 15 is 0 Å². The van der Waals surface area contributed by atoms with Crippen molar-refractivity contribution in [3.63, 3.8) is 0 Å². The van der Waals surface area contributed by atoms with Gasteiger partial charge in [-0.2, -0.15) is 0 Å². The van der Waals surface area contributed by atoms with Gasteiger partial charge in [0.2, 0.25) is 0 Å². The average Bonchev–Trinajstić information content (AvgIpc) is 3.36. The summed E-state index contributed by atoms with van der Waals surface area (Å²) >= 11 is 0. The van der Waals surface area contributed by atoms with Crippen LogP contribution in [-0.4, -0.2) is 24.1 Å². The number of hydrogen-bond donors (Lipinski definition) is 0. The monoisotopic (exact) mass is 323 g/mol. The van der Waals surface area contributed by atoms with Crippen LogP contribution in [0.4, 0.5) is 5.82 Å². The lowest BCUT2D eigenvalue weighted by Crippen LogP contribution is -2.22. The van der Waals surface area contributed by atoms with Crippen LogP contribution in [0.5, 0.6) is 0 Å². The van der Waals surface area contributed by atoms with E-state index in [1.54, 1.807) is 0 Å². The summed E-state index contributed by atoms with van der Waals surface area (Å²) in [5, 5.41) is 1.16. The fourth-order valence-electron chi connectivity index (χ4n) is 4.39. The molecule has 3 nitrogen and oxygen atoms in total. The Morgan fingerprint density at radius 2 is 1.75 bits per heavy atom. The summed E-state index contributed by atoms with van der Waals surface area (Å²) in [6.45, 7) is 2.40. The van der Waals surface area contributed by atoms with Gasteiger partial charge >= 0.3 is 0 Å². The topological polar surface area (TPSA) is 29.0 Å². The van der Waals surface area contributed by atoms with Crippen LogP contribution in [0, 0.1) is 11.8 Å². The number of rotatable bonds is 4. The van der Waals surface area contributed by atoms with Gasteiger partial charge in [-0.05, 0) is 43.2 Å². The third-order valence-electron chi connectivity index (χ3n) is 6.15. The Balaban J connectivity index is 1.65. The molecule has 0 bridgehead atoms. The highest BCUT2D eigenvalue weighted by molar-refractivity contribution is 5.89. The van der Waals surface area contributed by atoms with Crippen molar-refractivity contribution >= 4 is 16.7 Å².